The Morgan fingerprint density at radius 1 is 1.15 bits per heavy atom. The van der Waals surface area contributed by atoms with E-state index in [0.29, 0.717) is 5.56 Å². The molecule has 0 atom stereocenters. The summed E-state index contributed by atoms with van der Waals surface area (Å²) in [5, 5.41) is 0. The fourth-order valence-corrected chi connectivity index (χ4v) is 2.61. The number of rotatable bonds is 4. The molecule has 0 bridgehead atoms. The van der Waals surface area contributed by atoms with E-state index in [-0.39, 0.29) is 18.1 Å². The molecule has 132 valence electrons. The molecule has 1 amide bonds. The predicted octanol–water partition coefficient (Wildman–Crippen LogP) is 0.839. The normalized spacial score (nSPS) is 10.5. The lowest BCUT2D eigenvalue weighted by Crippen LogP contribution is -2.39. The average molecular weight is 351 g/mol. The van der Waals surface area contributed by atoms with Gasteiger partial charge < -0.3 is 10.6 Å². The summed E-state index contributed by atoms with van der Waals surface area (Å²) in [6.45, 7) is 0.173. The van der Waals surface area contributed by atoms with E-state index in [9.17, 15) is 14.4 Å². The van der Waals surface area contributed by atoms with E-state index < -0.39 is 17.2 Å². The van der Waals surface area contributed by atoms with Gasteiger partial charge in [-0.05, 0) is 17.7 Å². The first kappa shape index (κ1) is 17.2. The van der Waals surface area contributed by atoms with Crippen LogP contribution in [0.4, 0.5) is 11.5 Å². The monoisotopic (exact) mass is 351 g/mol. The van der Waals surface area contributed by atoms with Crippen LogP contribution in [0.2, 0.25) is 0 Å². The van der Waals surface area contributed by atoms with Gasteiger partial charge >= 0.3 is 5.69 Å². The quantitative estimate of drug-likeness (QED) is 0.723. The highest BCUT2D eigenvalue weighted by Gasteiger charge is 2.22. The van der Waals surface area contributed by atoms with Gasteiger partial charge in [-0.1, -0.05) is 30.3 Å². The van der Waals surface area contributed by atoms with Crippen molar-refractivity contribution in [3.8, 4) is 0 Å². The second kappa shape index (κ2) is 7.06. The van der Waals surface area contributed by atoms with Gasteiger partial charge in [0.2, 0.25) is 0 Å². The lowest BCUT2D eigenvalue weighted by molar-refractivity contribution is 0.0992. The van der Waals surface area contributed by atoms with Crippen molar-refractivity contribution in [3.63, 3.8) is 0 Å². The van der Waals surface area contributed by atoms with Crippen LogP contribution in [0.5, 0.6) is 0 Å². The molecule has 0 radical (unpaired) electrons. The molecule has 0 aliphatic rings. The number of anilines is 2. The Labute approximate surface area is 148 Å². The molecule has 1 aromatic carbocycles. The van der Waals surface area contributed by atoms with Crippen LogP contribution in [0, 0.1) is 0 Å². The van der Waals surface area contributed by atoms with Crippen molar-refractivity contribution < 1.29 is 4.79 Å². The van der Waals surface area contributed by atoms with Crippen molar-refractivity contribution in [2.24, 2.45) is 0 Å². The van der Waals surface area contributed by atoms with Crippen LogP contribution in [-0.2, 0) is 6.54 Å². The Kier molecular flexibility index (Phi) is 4.66. The third-order valence-electron chi connectivity index (χ3n) is 3.96. The van der Waals surface area contributed by atoms with Crippen molar-refractivity contribution in [1.29, 1.82) is 0 Å². The van der Waals surface area contributed by atoms with Crippen LogP contribution in [0.1, 0.15) is 15.9 Å². The summed E-state index contributed by atoms with van der Waals surface area (Å²) in [5.74, 6) is -0.512. The standard InChI is InChI=1S/C18H17N5O3/c1-22(17(25)13-7-9-20-10-8-13)14-15(19)23(18(26)21-16(14)24)11-12-5-3-2-4-6-12/h2-10H,11,19H2,1H3,(H,21,24,26). The van der Waals surface area contributed by atoms with Gasteiger partial charge in [-0.15, -0.1) is 0 Å². The zero-order valence-corrected chi connectivity index (χ0v) is 14.0. The molecule has 0 saturated heterocycles. The second-order valence-corrected chi connectivity index (χ2v) is 5.66. The van der Waals surface area contributed by atoms with Crippen molar-refractivity contribution in [1.82, 2.24) is 14.5 Å². The smallest absolute Gasteiger partial charge is 0.330 e. The Morgan fingerprint density at radius 2 is 1.81 bits per heavy atom. The van der Waals surface area contributed by atoms with Crippen LogP contribution in [0.15, 0.2) is 64.4 Å². The SMILES string of the molecule is CN(C(=O)c1ccncc1)c1c(N)n(Cc2ccccc2)c(=O)[nH]c1=O. The number of H-pyrrole nitrogens is 1. The van der Waals surface area contributed by atoms with Crippen LogP contribution >= 0.6 is 0 Å². The van der Waals surface area contributed by atoms with Gasteiger partial charge in [-0.2, -0.15) is 0 Å². The zero-order valence-electron chi connectivity index (χ0n) is 14.0. The van der Waals surface area contributed by atoms with Crippen molar-refractivity contribution >= 4 is 17.4 Å². The number of aromatic nitrogens is 3. The molecule has 0 fully saturated rings. The molecule has 0 spiro atoms. The summed E-state index contributed by atoms with van der Waals surface area (Å²) in [4.78, 5) is 44.3. The van der Waals surface area contributed by atoms with Gasteiger partial charge in [-0.25, -0.2) is 4.79 Å². The molecular formula is C18H17N5O3. The molecule has 0 aliphatic heterocycles. The predicted molar refractivity (Wildman–Crippen MR) is 98.2 cm³/mol. The molecular weight excluding hydrogens is 334 g/mol. The maximum absolute atomic E-state index is 12.6. The average Bonchev–Trinajstić information content (AvgIpc) is 2.66. The number of amides is 1. The minimum Gasteiger partial charge on any atom is -0.383 e. The van der Waals surface area contributed by atoms with Crippen LogP contribution in [-0.4, -0.2) is 27.5 Å². The van der Waals surface area contributed by atoms with Crippen LogP contribution in [0.25, 0.3) is 0 Å². The number of carbonyl (C=O) groups is 1. The summed E-state index contributed by atoms with van der Waals surface area (Å²) < 4.78 is 1.22. The van der Waals surface area contributed by atoms with E-state index in [2.05, 4.69) is 9.97 Å². The third-order valence-corrected chi connectivity index (χ3v) is 3.96. The summed E-state index contributed by atoms with van der Waals surface area (Å²) in [5.41, 5.74) is 5.83. The lowest BCUT2D eigenvalue weighted by atomic mass is 10.2. The van der Waals surface area contributed by atoms with Crippen LogP contribution in [0.3, 0.4) is 0 Å². The fraction of sp³-hybridized carbons (Fsp3) is 0.111. The van der Waals surface area contributed by atoms with Gasteiger partial charge in [0.1, 0.15) is 5.82 Å². The summed E-state index contributed by atoms with van der Waals surface area (Å²) in [6, 6.07) is 12.3. The number of benzene rings is 1. The topological polar surface area (TPSA) is 114 Å². The number of nitrogens with one attached hydrogen (secondary N) is 1. The largest absolute Gasteiger partial charge is 0.383 e. The highest BCUT2D eigenvalue weighted by Crippen LogP contribution is 2.18. The minimum atomic E-state index is -0.721. The molecule has 8 heteroatoms. The van der Waals surface area contributed by atoms with Gasteiger partial charge in [0.05, 0.1) is 6.54 Å². The van der Waals surface area contributed by atoms with Gasteiger partial charge in [0.25, 0.3) is 11.5 Å². The van der Waals surface area contributed by atoms with E-state index in [0.717, 1.165) is 10.5 Å². The van der Waals surface area contributed by atoms with Crippen molar-refractivity contribution in [3.05, 3.63) is 86.8 Å². The third kappa shape index (κ3) is 3.25. The summed E-state index contributed by atoms with van der Waals surface area (Å²) in [7, 11) is 1.43. The number of aromatic amines is 1. The van der Waals surface area contributed by atoms with E-state index >= 15 is 0 Å². The first-order valence-electron chi connectivity index (χ1n) is 7.83. The van der Waals surface area contributed by atoms with E-state index in [1.54, 1.807) is 0 Å². The number of nitrogens with two attached hydrogens (primary N) is 1. The molecule has 3 rings (SSSR count). The number of pyridine rings is 1. The number of carbonyl (C=O) groups excluding carboxylic acids is 1. The van der Waals surface area contributed by atoms with E-state index in [4.69, 9.17) is 5.73 Å². The lowest BCUT2D eigenvalue weighted by Gasteiger charge is -2.20. The summed E-state index contributed by atoms with van der Waals surface area (Å²) >= 11 is 0. The molecule has 0 saturated carbocycles. The molecule has 0 unspecified atom stereocenters. The Morgan fingerprint density at radius 3 is 2.46 bits per heavy atom. The fourth-order valence-electron chi connectivity index (χ4n) is 2.61. The number of hydrogen-bond acceptors (Lipinski definition) is 5. The molecule has 3 aromatic rings. The van der Waals surface area contributed by atoms with Gasteiger partial charge in [0, 0.05) is 25.0 Å². The van der Waals surface area contributed by atoms with Crippen molar-refractivity contribution in [2.45, 2.75) is 6.54 Å². The summed E-state index contributed by atoms with van der Waals surface area (Å²) in [6.07, 6.45) is 2.95. The van der Waals surface area contributed by atoms with Gasteiger partial charge in [-0.3, -0.25) is 24.1 Å². The molecule has 3 N–H and O–H groups in total. The maximum atomic E-state index is 12.6. The van der Waals surface area contributed by atoms with Crippen molar-refractivity contribution in [2.75, 3.05) is 17.7 Å². The maximum Gasteiger partial charge on any atom is 0.330 e. The first-order chi connectivity index (χ1) is 12.5. The number of nitrogen functional groups attached to an aromatic ring is 1. The molecule has 26 heavy (non-hydrogen) atoms. The Hall–Kier alpha value is -3.68. The minimum absolute atomic E-state index is 0.0764. The Bertz CT molecular complexity index is 1040. The molecule has 8 nitrogen and oxygen atoms in total. The zero-order chi connectivity index (χ0) is 18.7. The first-order valence-corrected chi connectivity index (χ1v) is 7.83. The highest BCUT2D eigenvalue weighted by molar-refractivity contribution is 6.06. The van der Waals surface area contributed by atoms with Gasteiger partial charge in [0.15, 0.2) is 5.69 Å². The molecule has 2 heterocycles. The van der Waals surface area contributed by atoms with Crippen LogP contribution < -0.4 is 21.9 Å². The molecule has 0 aliphatic carbocycles. The second-order valence-electron chi connectivity index (χ2n) is 5.66. The molecule has 2 aromatic heterocycles. The highest BCUT2D eigenvalue weighted by atomic mass is 16.2. The van der Waals surface area contributed by atoms with E-state index in [1.165, 1.54) is 36.1 Å². The Balaban J connectivity index is 2.05. The van der Waals surface area contributed by atoms with E-state index in [1.807, 2.05) is 30.3 Å². The number of nitrogens with zero attached hydrogens (tertiary/aromatic N) is 3. The number of hydrogen-bond donors (Lipinski definition) is 2.